The van der Waals surface area contributed by atoms with Gasteiger partial charge in [-0.05, 0) is 36.6 Å². The van der Waals surface area contributed by atoms with E-state index in [4.69, 9.17) is 19.5 Å². The van der Waals surface area contributed by atoms with Gasteiger partial charge in [0.1, 0.15) is 23.3 Å². The molecule has 0 bridgehead atoms. The van der Waals surface area contributed by atoms with E-state index in [2.05, 4.69) is 15.0 Å². The molecule has 4 N–H and O–H groups in total. The summed E-state index contributed by atoms with van der Waals surface area (Å²) in [6, 6.07) is 6.17. The van der Waals surface area contributed by atoms with Crippen LogP contribution in [0.5, 0.6) is 11.5 Å². The minimum atomic E-state index is -4.31. The normalized spacial score (nSPS) is 23.0. The van der Waals surface area contributed by atoms with E-state index in [-0.39, 0.29) is 42.7 Å². The number of ether oxygens (including phenoxy) is 1. The van der Waals surface area contributed by atoms with Crippen LogP contribution in [-0.4, -0.2) is 49.8 Å². The molecule has 4 atom stereocenters. The molecule has 0 aliphatic heterocycles. The number of fused-ring (bicyclic) bond motifs is 1. The van der Waals surface area contributed by atoms with Crippen LogP contribution < -0.4 is 15.0 Å². The third-order valence-electron chi connectivity index (χ3n) is 5.33. The number of phosphoric acid groups is 1. The molecule has 1 aromatic carbocycles. The lowest BCUT2D eigenvalue weighted by Gasteiger charge is -2.44. The van der Waals surface area contributed by atoms with Crippen LogP contribution in [0.1, 0.15) is 12.5 Å². The van der Waals surface area contributed by atoms with Crippen LogP contribution in [0, 0.1) is 11.8 Å². The van der Waals surface area contributed by atoms with Crippen LogP contribution in [-0.2, 0) is 9.09 Å². The van der Waals surface area contributed by atoms with Crippen LogP contribution in [0.25, 0.3) is 11.2 Å². The van der Waals surface area contributed by atoms with Gasteiger partial charge in [-0.2, -0.15) is 0 Å². The van der Waals surface area contributed by atoms with Crippen LogP contribution in [0.4, 0.5) is 5.82 Å². The first-order valence-corrected chi connectivity index (χ1v) is 10.8. The van der Waals surface area contributed by atoms with Crippen molar-refractivity contribution in [3.63, 3.8) is 0 Å². The number of phosphoric ester groups is 1. The van der Waals surface area contributed by atoms with Crippen LogP contribution in [0.3, 0.4) is 0 Å². The van der Waals surface area contributed by atoms with Gasteiger partial charge in [-0.3, -0.25) is 9.42 Å². The molecule has 0 amide bonds. The number of nitrogen functional groups attached to an aromatic ring is 1. The maximum atomic E-state index is 12.3. The Kier molecular flexibility index (Phi) is 5.61. The topological polar surface area (TPSA) is 155 Å². The summed E-state index contributed by atoms with van der Waals surface area (Å²) in [4.78, 5) is 22.4. The molecular formula is C18H22N5O6P. The smallest absolute Gasteiger partial charge is 0.497 e. The van der Waals surface area contributed by atoms with Crippen molar-refractivity contribution >= 4 is 24.8 Å². The number of rotatable bonds is 8. The summed E-state index contributed by atoms with van der Waals surface area (Å²) in [6.45, 7) is -0.149. The second-order valence-corrected chi connectivity index (χ2v) is 8.40. The lowest BCUT2D eigenvalue weighted by Crippen LogP contribution is -2.42. The Morgan fingerprint density at radius 1 is 1.23 bits per heavy atom. The molecule has 0 saturated heterocycles. The molecule has 1 fully saturated rings. The highest BCUT2D eigenvalue weighted by Gasteiger charge is 2.43. The van der Waals surface area contributed by atoms with Crippen molar-refractivity contribution in [1.29, 1.82) is 0 Å². The van der Waals surface area contributed by atoms with Gasteiger partial charge in [0, 0.05) is 18.6 Å². The van der Waals surface area contributed by atoms with Gasteiger partial charge >= 0.3 is 7.82 Å². The maximum absolute atomic E-state index is 12.3. The van der Waals surface area contributed by atoms with Gasteiger partial charge in [0.2, 0.25) is 0 Å². The SMILES string of the molecule is COc1ccc(OP(=O)(O)OC[C@H]2C[C@@H](n3cnc4c(N)ncnc43)[C@H]2CO)cc1. The number of aliphatic hydroxyl groups is 1. The number of hydrogen-bond acceptors (Lipinski definition) is 9. The Hall–Kier alpha value is -2.72. The van der Waals surface area contributed by atoms with E-state index in [0.717, 1.165) is 0 Å². The summed E-state index contributed by atoms with van der Waals surface area (Å²) in [7, 11) is -2.79. The van der Waals surface area contributed by atoms with E-state index >= 15 is 0 Å². The summed E-state index contributed by atoms with van der Waals surface area (Å²) in [6.07, 6.45) is 3.59. The Morgan fingerprint density at radius 3 is 2.67 bits per heavy atom. The molecule has 0 radical (unpaired) electrons. The van der Waals surface area contributed by atoms with Gasteiger partial charge in [-0.1, -0.05) is 0 Å². The molecular weight excluding hydrogens is 413 g/mol. The fourth-order valence-electron chi connectivity index (χ4n) is 3.66. The minimum absolute atomic E-state index is 0.0323. The van der Waals surface area contributed by atoms with Crippen LogP contribution in [0.2, 0.25) is 0 Å². The second-order valence-electron chi connectivity index (χ2n) is 7.02. The minimum Gasteiger partial charge on any atom is -0.497 e. The van der Waals surface area contributed by atoms with Gasteiger partial charge in [0.25, 0.3) is 0 Å². The first-order chi connectivity index (χ1) is 14.4. The molecule has 1 saturated carbocycles. The monoisotopic (exact) mass is 435 g/mol. The number of aliphatic hydroxyl groups excluding tert-OH is 1. The lowest BCUT2D eigenvalue weighted by molar-refractivity contribution is -0.00488. The average Bonchev–Trinajstić information content (AvgIpc) is 3.13. The number of nitrogens with two attached hydrogens (primary N) is 1. The number of benzene rings is 1. The van der Waals surface area contributed by atoms with Gasteiger partial charge in [-0.25, -0.2) is 19.5 Å². The third-order valence-corrected chi connectivity index (χ3v) is 6.25. The predicted octanol–water partition coefficient (Wildman–Crippen LogP) is 1.78. The van der Waals surface area contributed by atoms with Crippen molar-refractivity contribution in [2.24, 2.45) is 11.8 Å². The summed E-state index contributed by atoms with van der Waals surface area (Å²) >= 11 is 0. The van der Waals surface area contributed by atoms with E-state index in [1.54, 1.807) is 18.5 Å². The van der Waals surface area contributed by atoms with Crippen LogP contribution in [0.15, 0.2) is 36.9 Å². The van der Waals surface area contributed by atoms with Crippen molar-refractivity contribution in [2.45, 2.75) is 12.5 Å². The zero-order valence-electron chi connectivity index (χ0n) is 16.2. The maximum Gasteiger partial charge on any atom is 0.527 e. The summed E-state index contributed by atoms with van der Waals surface area (Å²) in [5.74, 6) is 0.752. The fourth-order valence-corrected chi connectivity index (χ4v) is 4.48. The molecule has 2 heterocycles. The summed E-state index contributed by atoms with van der Waals surface area (Å²) in [5.41, 5.74) is 6.91. The van der Waals surface area contributed by atoms with Crippen molar-refractivity contribution in [2.75, 3.05) is 26.1 Å². The van der Waals surface area contributed by atoms with E-state index in [1.165, 1.54) is 25.6 Å². The van der Waals surface area contributed by atoms with E-state index in [0.29, 0.717) is 23.3 Å². The van der Waals surface area contributed by atoms with Crippen molar-refractivity contribution in [3.05, 3.63) is 36.9 Å². The number of nitrogens with zero attached hydrogens (tertiary/aromatic N) is 4. The Bertz CT molecular complexity index is 1070. The Morgan fingerprint density at radius 2 is 1.97 bits per heavy atom. The molecule has 160 valence electrons. The fraction of sp³-hybridized carbons (Fsp3) is 0.389. The van der Waals surface area contributed by atoms with Gasteiger partial charge in [0.05, 0.1) is 20.0 Å². The summed E-state index contributed by atoms with van der Waals surface area (Å²) in [5, 5.41) is 9.84. The number of anilines is 1. The molecule has 1 aliphatic carbocycles. The largest absolute Gasteiger partial charge is 0.527 e. The molecule has 0 spiro atoms. The third kappa shape index (κ3) is 3.97. The number of imidazole rings is 1. The molecule has 4 rings (SSSR count). The van der Waals surface area contributed by atoms with Gasteiger partial charge in [-0.15, -0.1) is 0 Å². The highest BCUT2D eigenvalue weighted by molar-refractivity contribution is 7.47. The predicted molar refractivity (Wildman–Crippen MR) is 107 cm³/mol. The number of hydrogen-bond donors (Lipinski definition) is 3. The zero-order chi connectivity index (χ0) is 21.3. The second kappa shape index (κ2) is 8.19. The van der Waals surface area contributed by atoms with Crippen molar-refractivity contribution in [3.8, 4) is 11.5 Å². The molecule has 11 nitrogen and oxygen atoms in total. The first kappa shape index (κ1) is 20.5. The number of aromatic nitrogens is 4. The van der Waals surface area contributed by atoms with E-state index in [9.17, 15) is 14.6 Å². The first-order valence-electron chi connectivity index (χ1n) is 9.26. The molecule has 12 heteroatoms. The molecule has 3 aromatic rings. The van der Waals surface area contributed by atoms with Crippen molar-refractivity contribution < 1.29 is 28.3 Å². The Labute approximate surface area is 172 Å². The molecule has 1 aliphatic rings. The van der Waals surface area contributed by atoms with Gasteiger partial charge in [0.15, 0.2) is 11.5 Å². The average molecular weight is 435 g/mol. The molecule has 2 aromatic heterocycles. The van der Waals surface area contributed by atoms with E-state index in [1.807, 2.05) is 4.57 Å². The van der Waals surface area contributed by atoms with E-state index < -0.39 is 7.82 Å². The Balaban J connectivity index is 1.38. The van der Waals surface area contributed by atoms with Crippen LogP contribution >= 0.6 is 7.82 Å². The van der Waals surface area contributed by atoms with Gasteiger partial charge < -0.3 is 24.7 Å². The molecule has 30 heavy (non-hydrogen) atoms. The molecule has 1 unspecified atom stereocenters. The lowest BCUT2D eigenvalue weighted by atomic mass is 9.70. The highest BCUT2D eigenvalue weighted by Crippen LogP contribution is 2.49. The standard InChI is InChI=1S/C18H22N5O6P/c1-27-12-2-4-13(5-3-12)29-30(25,26)28-8-11-6-15(14(11)7-24)23-10-22-16-17(19)20-9-21-18(16)23/h2-5,9-11,14-15,24H,6-8H2,1H3,(H,25,26)(H2,19,20,21)/t11-,14+,15-/m1/s1. The highest BCUT2D eigenvalue weighted by atomic mass is 31.2. The summed E-state index contributed by atoms with van der Waals surface area (Å²) < 4.78 is 29.4. The zero-order valence-corrected chi connectivity index (χ0v) is 17.1. The number of methoxy groups -OCH3 is 1. The quantitative estimate of drug-likeness (QED) is 0.446. The van der Waals surface area contributed by atoms with Crippen molar-refractivity contribution in [1.82, 2.24) is 19.5 Å².